The lowest BCUT2D eigenvalue weighted by Crippen LogP contribution is -2.18. The summed E-state index contributed by atoms with van der Waals surface area (Å²) in [6, 6.07) is 3.45. The smallest absolute Gasteiger partial charge is 0.272 e. The molecule has 2 bridgehead atoms. The molecule has 0 spiro atoms. The number of nitrogens with one attached hydrogen (secondary N) is 1. The fourth-order valence-corrected chi connectivity index (χ4v) is 3.43. The third-order valence-corrected chi connectivity index (χ3v) is 4.75. The van der Waals surface area contributed by atoms with Crippen LogP contribution in [0.2, 0.25) is 0 Å². The van der Waals surface area contributed by atoms with Gasteiger partial charge in [-0.2, -0.15) is 5.10 Å². The Labute approximate surface area is 132 Å². The number of rotatable bonds is 5. The molecule has 0 aromatic heterocycles. The van der Waals surface area contributed by atoms with Crippen molar-refractivity contribution in [2.45, 2.75) is 13.3 Å². The molecule has 0 amide bonds. The zero-order valence-electron chi connectivity index (χ0n) is 12.5. The van der Waals surface area contributed by atoms with Gasteiger partial charge in [0.15, 0.2) is 0 Å². The van der Waals surface area contributed by atoms with Gasteiger partial charge in [-0.1, -0.05) is 19.1 Å². The van der Waals surface area contributed by atoms with Gasteiger partial charge in [0.1, 0.15) is 5.69 Å². The average molecular weight is 316 g/mol. The number of hydrazone groups is 1. The zero-order valence-corrected chi connectivity index (χ0v) is 12.5. The van der Waals surface area contributed by atoms with Gasteiger partial charge in [-0.05, 0) is 30.2 Å². The summed E-state index contributed by atoms with van der Waals surface area (Å²) in [6.45, 7) is 2.18. The minimum absolute atomic E-state index is 0.142. The predicted octanol–water partition coefficient (Wildman–Crippen LogP) is 3.36. The molecule has 0 aliphatic heterocycles. The summed E-state index contributed by atoms with van der Waals surface area (Å²) in [5.41, 5.74) is 2.11. The number of non-ortho nitro benzene ring substituents is 1. The first-order valence-electron chi connectivity index (χ1n) is 7.37. The molecule has 23 heavy (non-hydrogen) atoms. The molecule has 1 saturated carbocycles. The second kappa shape index (κ2) is 5.79. The fraction of sp³-hybridized carbons (Fsp3) is 0.400. The maximum Gasteiger partial charge on any atom is 0.301 e. The summed E-state index contributed by atoms with van der Waals surface area (Å²) < 4.78 is 0. The van der Waals surface area contributed by atoms with Crippen LogP contribution >= 0.6 is 0 Å². The van der Waals surface area contributed by atoms with Crippen LogP contribution in [0.4, 0.5) is 17.1 Å². The summed E-state index contributed by atoms with van der Waals surface area (Å²) in [4.78, 5) is 20.4. The first kappa shape index (κ1) is 15.1. The van der Waals surface area contributed by atoms with E-state index >= 15 is 0 Å². The number of anilines is 1. The Kier molecular flexibility index (Phi) is 3.81. The number of allylic oxidation sites excluding steroid dienone is 2. The highest BCUT2D eigenvalue weighted by Crippen LogP contribution is 2.46. The van der Waals surface area contributed by atoms with Crippen molar-refractivity contribution < 1.29 is 9.85 Å². The molecular weight excluding hydrogens is 300 g/mol. The number of nitro benzene ring substituents is 2. The van der Waals surface area contributed by atoms with Crippen molar-refractivity contribution in [2.75, 3.05) is 5.43 Å². The van der Waals surface area contributed by atoms with Crippen LogP contribution in [-0.4, -0.2) is 16.1 Å². The number of hydrogen-bond donors (Lipinski definition) is 1. The minimum Gasteiger partial charge on any atom is -0.272 e. The Bertz CT molecular complexity index is 715. The van der Waals surface area contributed by atoms with Gasteiger partial charge in [-0.25, -0.2) is 0 Å². The summed E-state index contributed by atoms with van der Waals surface area (Å²) in [7, 11) is 0. The van der Waals surface area contributed by atoms with Gasteiger partial charge in [0.05, 0.1) is 15.9 Å². The highest BCUT2D eigenvalue weighted by atomic mass is 16.6. The van der Waals surface area contributed by atoms with E-state index < -0.39 is 9.85 Å². The van der Waals surface area contributed by atoms with Crippen molar-refractivity contribution >= 4 is 23.3 Å². The van der Waals surface area contributed by atoms with E-state index in [4.69, 9.17) is 0 Å². The molecule has 3 rings (SSSR count). The third-order valence-electron chi connectivity index (χ3n) is 4.75. The average Bonchev–Trinajstić information content (AvgIpc) is 3.10. The number of hydrogen-bond acceptors (Lipinski definition) is 6. The number of fused-ring (bicyclic) bond motifs is 2. The van der Waals surface area contributed by atoms with Crippen LogP contribution in [0.3, 0.4) is 0 Å². The molecule has 1 N–H and O–H groups in total. The van der Waals surface area contributed by atoms with Crippen molar-refractivity contribution in [3.8, 4) is 0 Å². The van der Waals surface area contributed by atoms with E-state index in [9.17, 15) is 20.2 Å². The van der Waals surface area contributed by atoms with Gasteiger partial charge in [0.2, 0.25) is 0 Å². The van der Waals surface area contributed by atoms with E-state index in [0.717, 1.165) is 12.5 Å². The first-order valence-corrected chi connectivity index (χ1v) is 7.37. The molecule has 2 aliphatic rings. The molecule has 0 heterocycles. The molecule has 120 valence electrons. The number of nitrogens with zero attached hydrogens (tertiary/aromatic N) is 3. The van der Waals surface area contributed by atoms with Crippen LogP contribution in [0.25, 0.3) is 0 Å². The topological polar surface area (TPSA) is 111 Å². The van der Waals surface area contributed by atoms with Crippen LogP contribution in [0.1, 0.15) is 13.3 Å². The quantitative estimate of drug-likeness (QED) is 0.387. The van der Waals surface area contributed by atoms with E-state index in [1.165, 1.54) is 12.1 Å². The Hall–Kier alpha value is -2.77. The molecule has 1 aromatic carbocycles. The van der Waals surface area contributed by atoms with E-state index in [1.807, 2.05) is 0 Å². The monoisotopic (exact) mass is 316 g/mol. The Morgan fingerprint density at radius 1 is 1.22 bits per heavy atom. The van der Waals surface area contributed by atoms with Crippen LogP contribution in [0, 0.1) is 43.9 Å². The van der Waals surface area contributed by atoms with Crippen molar-refractivity contribution in [1.29, 1.82) is 0 Å². The van der Waals surface area contributed by atoms with E-state index in [0.29, 0.717) is 23.7 Å². The molecule has 0 unspecified atom stereocenters. The standard InChI is InChI=1S/C15H16N4O4/c1-9-10-2-3-11(6-10)13(9)8-16-17-14-5-4-12(18(20)21)7-15(14)19(22)23/h2-5,7-11,13,17H,6H2,1H3/b16-8-/t9-,10+,11-,13+/m0/s1. The van der Waals surface area contributed by atoms with Crippen molar-refractivity contribution in [3.05, 3.63) is 50.6 Å². The first-order chi connectivity index (χ1) is 11.0. The Morgan fingerprint density at radius 3 is 2.57 bits per heavy atom. The van der Waals surface area contributed by atoms with Crippen molar-refractivity contribution in [1.82, 2.24) is 0 Å². The number of nitro groups is 2. The Balaban J connectivity index is 1.75. The second-order valence-corrected chi connectivity index (χ2v) is 5.99. The highest BCUT2D eigenvalue weighted by Gasteiger charge is 2.40. The van der Waals surface area contributed by atoms with Crippen LogP contribution in [0.15, 0.2) is 35.5 Å². The third kappa shape index (κ3) is 2.79. The van der Waals surface area contributed by atoms with Crippen molar-refractivity contribution in [3.63, 3.8) is 0 Å². The summed E-state index contributed by atoms with van der Waals surface area (Å²) in [5, 5.41) is 25.9. The van der Waals surface area contributed by atoms with Gasteiger partial charge in [-0.3, -0.25) is 25.7 Å². The summed E-state index contributed by atoms with van der Waals surface area (Å²) >= 11 is 0. The predicted molar refractivity (Wildman–Crippen MR) is 85.3 cm³/mol. The second-order valence-electron chi connectivity index (χ2n) is 5.99. The highest BCUT2D eigenvalue weighted by molar-refractivity contribution is 5.69. The number of benzene rings is 1. The molecule has 0 saturated heterocycles. The maximum absolute atomic E-state index is 11.1. The largest absolute Gasteiger partial charge is 0.301 e. The molecule has 2 aliphatic carbocycles. The van der Waals surface area contributed by atoms with E-state index in [-0.39, 0.29) is 17.1 Å². The zero-order chi connectivity index (χ0) is 16.6. The van der Waals surface area contributed by atoms with Crippen molar-refractivity contribution in [2.24, 2.45) is 28.8 Å². The van der Waals surface area contributed by atoms with E-state index in [1.54, 1.807) is 6.21 Å². The Morgan fingerprint density at radius 2 is 1.96 bits per heavy atom. The van der Waals surface area contributed by atoms with Gasteiger partial charge >= 0.3 is 5.69 Å². The summed E-state index contributed by atoms with van der Waals surface area (Å²) in [6.07, 6.45) is 7.38. The lowest BCUT2D eigenvalue weighted by molar-refractivity contribution is -0.393. The van der Waals surface area contributed by atoms with Crippen LogP contribution < -0.4 is 5.43 Å². The lowest BCUT2D eigenvalue weighted by Gasteiger charge is -2.20. The molecule has 4 atom stereocenters. The lowest BCUT2D eigenvalue weighted by atomic mass is 9.85. The normalized spacial score (nSPS) is 28.4. The molecule has 1 aromatic rings. The fourth-order valence-electron chi connectivity index (χ4n) is 3.43. The summed E-state index contributed by atoms with van der Waals surface area (Å²) in [5.74, 6) is 1.88. The van der Waals surface area contributed by atoms with Crippen LogP contribution in [-0.2, 0) is 0 Å². The molecule has 8 heteroatoms. The van der Waals surface area contributed by atoms with Gasteiger partial charge in [0, 0.05) is 18.2 Å². The van der Waals surface area contributed by atoms with Gasteiger partial charge in [-0.15, -0.1) is 0 Å². The molecule has 1 fully saturated rings. The van der Waals surface area contributed by atoms with Gasteiger partial charge in [0.25, 0.3) is 5.69 Å². The van der Waals surface area contributed by atoms with E-state index in [2.05, 4.69) is 29.6 Å². The van der Waals surface area contributed by atoms with Crippen LogP contribution in [0.5, 0.6) is 0 Å². The molecule has 0 radical (unpaired) electrons. The molecule has 8 nitrogen and oxygen atoms in total. The minimum atomic E-state index is -0.663. The van der Waals surface area contributed by atoms with Gasteiger partial charge < -0.3 is 0 Å². The molecular formula is C15H16N4O4. The SMILES string of the molecule is C[C@@H]1[C@@H](/C=N\Nc2ccc([N+](=O)[O-])cc2[N+](=O)[O-])[C@H]2C=C[C@@H]1C2. The maximum atomic E-state index is 11.1.